The summed E-state index contributed by atoms with van der Waals surface area (Å²) in [6.07, 6.45) is 0. The van der Waals surface area contributed by atoms with E-state index in [1.54, 1.807) is 6.92 Å². The van der Waals surface area contributed by atoms with E-state index < -0.39 is 0 Å². The summed E-state index contributed by atoms with van der Waals surface area (Å²) in [5.41, 5.74) is 7.86. The van der Waals surface area contributed by atoms with Crippen molar-refractivity contribution >= 4 is 28.3 Å². The Morgan fingerprint density at radius 1 is 1.46 bits per heavy atom. The van der Waals surface area contributed by atoms with Crippen LogP contribution in [0, 0.1) is 14.9 Å². The van der Waals surface area contributed by atoms with Crippen LogP contribution in [-0.2, 0) is 0 Å². The van der Waals surface area contributed by atoms with Crippen molar-refractivity contribution in [2.75, 3.05) is 0 Å². The van der Waals surface area contributed by atoms with Gasteiger partial charge in [0.2, 0.25) is 0 Å². The van der Waals surface area contributed by atoms with Crippen LogP contribution in [-0.4, -0.2) is 0 Å². The normalized spacial score (nSPS) is 11.8. The SMILES string of the molecule is C/C(C#N)=C(/N)c1ccccc1I. The van der Waals surface area contributed by atoms with Crippen LogP contribution in [0.3, 0.4) is 0 Å². The van der Waals surface area contributed by atoms with Gasteiger partial charge in [-0.05, 0) is 35.6 Å². The standard InChI is InChI=1S/C10H9IN2/c1-7(6-12)10(13)8-4-2-3-5-9(8)11/h2-5H,13H2,1H3/b10-7-. The highest BCUT2D eigenvalue weighted by Crippen LogP contribution is 2.19. The first kappa shape index (κ1) is 10.1. The average Bonchev–Trinajstić information content (AvgIpc) is 2.16. The molecule has 1 aromatic carbocycles. The third kappa shape index (κ3) is 2.22. The molecule has 0 aliphatic rings. The quantitative estimate of drug-likeness (QED) is 0.636. The van der Waals surface area contributed by atoms with Crippen LogP contribution in [0.2, 0.25) is 0 Å². The fourth-order valence-corrected chi connectivity index (χ4v) is 1.62. The van der Waals surface area contributed by atoms with Crippen molar-refractivity contribution in [3.05, 3.63) is 39.0 Å². The number of rotatable bonds is 1. The van der Waals surface area contributed by atoms with Crippen molar-refractivity contribution in [1.82, 2.24) is 0 Å². The monoisotopic (exact) mass is 284 g/mol. The molecule has 13 heavy (non-hydrogen) atoms. The molecule has 0 saturated heterocycles. The van der Waals surface area contributed by atoms with E-state index in [1.807, 2.05) is 30.3 Å². The number of halogens is 1. The van der Waals surface area contributed by atoms with E-state index in [1.165, 1.54) is 0 Å². The Balaban J connectivity index is 3.26. The van der Waals surface area contributed by atoms with E-state index >= 15 is 0 Å². The number of hydrogen-bond acceptors (Lipinski definition) is 2. The maximum absolute atomic E-state index is 8.67. The van der Waals surface area contributed by atoms with Gasteiger partial charge in [0.15, 0.2) is 0 Å². The van der Waals surface area contributed by atoms with Crippen LogP contribution in [0.25, 0.3) is 5.70 Å². The minimum absolute atomic E-state index is 0.559. The lowest BCUT2D eigenvalue weighted by Crippen LogP contribution is -2.00. The minimum atomic E-state index is 0.559. The number of nitrogens with two attached hydrogens (primary N) is 1. The summed E-state index contributed by atoms with van der Waals surface area (Å²) in [5.74, 6) is 0. The van der Waals surface area contributed by atoms with Gasteiger partial charge in [-0.25, -0.2) is 0 Å². The van der Waals surface area contributed by atoms with Crippen LogP contribution >= 0.6 is 22.6 Å². The molecule has 0 atom stereocenters. The first-order valence-electron chi connectivity index (χ1n) is 3.78. The van der Waals surface area contributed by atoms with E-state index in [0.717, 1.165) is 9.13 Å². The second-order valence-electron chi connectivity index (χ2n) is 2.63. The van der Waals surface area contributed by atoms with E-state index in [4.69, 9.17) is 11.0 Å². The Morgan fingerprint density at radius 2 is 2.08 bits per heavy atom. The van der Waals surface area contributed by atoms with Gasteiger partial charge in [-0.3, -0.25) is 0 Å². The van der Waals surface area contributed by atoms with Gasteiger partial charge in [0.05, 0.1) is 11.8 Å². The molecule has 2 N–H and O–H groups in total. The fraction of sp³-hybridized carbons (Fsp3) is 0.100. The summed E-state index contributed by atoms with van der Waals surface area (Å²) in [6.45, 7) is 1.72. The van der Waals surface area contributed by atoms with Gasteiger partial charge in [-0.2, -0.15) is 5.26 Å². The lowest BCUT2D eigenvalue weighted by atomic mass is 10.1. The zero-order chi connectivity index (χ0) is 9.84. The molecule has 0 spiro atoms. The highest BCUT2D eigenvalue weighted by atomic mass is 127. The maximum atomic E-state index is 8.67. The number of benzene rings is 1. The molecule has 2 nitrogen and oxygen atoms in total. The molecular formula is C10H9IN2. The zero-order valence-corrected chi connectivity index (χ0v) is 9.37. The Kier molecular flexibility index (Phi) is 3.32. The van der Waals surface area contributed by atoms with Crippen LogP contribution in [0.4, 0.5) is 0 Å². The van der Waals surface area contributed by atoms with Crippen LogP contribution in [0.15, 0.2) is 29.8 Å². The Hall–Kier alpha value is -1.02. The predicted molar refractivity (Wildman–Crippen MR) is 61.6 cm³/mol. The average molecular weight is 284 g/mol. The molecule has 0 aliphatic carbocycles. The summed E-state index contributed by atoms with van der Waals surface area (Å²) in [6, 6.07) is 9.78. The zero-order valence-electron chi connectivity index (χ0n) is 7.21. The first-order chi connectivity index (χ1) is 6.16. The molecule has 0 bridgehead atoms. The second kappa shape index (κ2) is 4.28. The molecule has 1 rings (SSSR count). The van der Waals surface area contributed by atoms with Gasteiger partial charge in [-0.15, -0.1) is 0 Å². The maximum Gasteiger partial charge on any atom is 0.0965 e. The van der Waals surface area contributed by atoms with E-state index in [9.17, 15) is 0 Å². The molecule has 0 heterocycles. The largest absolute Gasteiger partial charge is 0.397 e. The predicted octanol–water partition coefficient (Wildman–Crippen LogP) is 2.50. The van der Waals surface area contributed by atoms with Gasteiger partial charge in [0, 0.05) is 14.7 Å². The summed E-state index contributed by atoms with van der Waals surface area (Å²) in [4.78, 5) is 0. The number of allylic oxidation sites excluding steroid dienone is 1. The molecule has 3 heteroatoms. The molecule has 0 aromatic heterocycles. The lowest BCUT2D eigenvalue weighted by molar-refractivity contribution is 1.38. The molecule has 0 radical (unpaired) electrons. The third-order valence-corrected chi connectivity index (χ3v) is 2.68. The molecule has 0 unspecified atom stereocenters. The second-order valence-corrected chi connectivity index (χ2v) is 3.79. The molecule has 0 saturated carbocycles. The van der Waals surface area contributed by atoms with E-state index in [-0.39, 0.29) is 0 Å². The number of nitriles is 1. The number of nitrogens with zero attached hydrogens (tertiary/aromatic N) is 1. The summed E-state index contributed by atoms with van der Waals surface area (Å²) in [7, 11) is 0. The van der Waals surface area contributed by atoms with Crippen LogP contribution in [0.5, 0.6) is 0 Å². The Bertz CT molecular complexity index is 388. The molecule has 1 aromatic rings. The Morgan fingerprint density at radius 3 is 2.62 bits per heavy atom. The molecule has 0 fully saturated rings. The summed E-state index contributed by atoms with van der Waals surface area (Å²) >= 11 is 2.20. The van der Waals surface area contributed by atoms with Crippen molar-refractivity contribution in [2.24, 2.45) is 5.73 Å². The first-order valence-corrected chi connectivity index (χ1v) is 4.86. The highest BCUT2D eigenvalue weighted by molar-refractivity contribution is 14.1. The van der Waals surface area contributed by atoms with E-state index in [0.29, 0.717) is 11.3 Å². The van der Waals surface area contributed by atoms with E-state index in [2.05, 4.69) is 22.6 Å². The van der Waals surface area contributed by atoms with Gasteiger partial charge in [0.25, 0.3) is 0 Å². The molecular weight excluding hydrogens is 275 g/mol. The number of hydrogen-bond donors (Lipinski definition) is 1. The minimum Gasteiger partial charge on any atom is -0.397 e. The van der Waals surface area contributed by atoms with Crippen molar-refractivity contribution in [3.63, 3.8) is 0 Å². The highest BCUT2D eigenvalue weighted by Gasteiger charge is 2.03. The van der Waals surface area contributed by atoms with Crippen molar-refractivity contribution < 1.29 is 0 Å². The van der Waals surface area contributed by atoms with Gasteiger partial charge >= 0.3 is 0 Å². The molecule has 0 aliphatic heterocycles. The topological polar surface area (TPSA) is 49.8 Å². The van der Waals surface area contributed by atoms with Crippen molar-refractivity contribution in [3.8, 4) is 6.07 Å². The van der Waals surface area contributed by atoms with Gasteiger partial charge in [0.1, 0.15) is 0 Å². The molecule has 66 valence electrons. The van der Waals surface area contributed by atoms with Crippen molar-refractivity contribution in [1.29, 1.82) is 5.26 Å². The molecule has 0 amide bonds. The fourth-order valence-electron chi connectivity index (χ4n) is 0.942. The van der Waals surface area contributed by atoms with Crippen LogP contribution < -0.4 is 5.73 Å². The Labute approximate surface area is 91.2 Å². The third-order valence-electron chi connectivity index (χ3n) is 1.74. The lowest BCUT2D eigenvalue weighted by Gasteiger charge is -2.04. The van der Waals surface area contributed by atoms with Gasteiger partial charge in [-0.1, -0.05) is 18.2 Å². The smallest absolute Gasteiger partial charge is 0.0965 e. The summed E-state index contributed by atoms with van der Waals surface area (Å²) in [5, 5.41) is 8.67. The van der Waals surface area contributed by atoms with Crippen LogP contribution in [0.1, 0.15) is 12.5 Å². The summed E-state index contributed by atoms with van der Waals surface area (Å²) < 4.78 is 1.06. The van der Waals surface area contributed by atoms with Crippen molar-refractivity contribution in [2.45, 2.75) is 6.92 Å². The van der Waals surface area contributed by atoms with Gasteiger partial charge < -0.3 is 5.73 Å².